The van der Waals surface area contributed by atoms with Gasteiger partial charge in [-0.05, 0) is 18.3 Å². The fraction of sp³-hybridized carbons (Fsp3) is 0. The number of fused-ring (bicyclic) bond motifs is 1. The Kier molecular flexibility index (Phi) is 3.79. The quantitative estimate of drug-likeness (QED) is 0.324. The summed E-state index contributed by atoms with van der Waals surface area (Å²) in [4.78, 5) is 12.9. The van der Waals surface area contributed by atoms with Gasteiger partial charge in [0.05, 0.1) is 15.1 Å². The molecule has 1 N–H and O–H groups in total. The maximum atomic E-state index is 10.4. The van der Waals surface area contributed by atoms with Gasteiger partial charge in [0.25, 0.3) is 5.69 Å². The van der Waals surface area contributed by atoms with Gasteiger partial charge >= 0.3 is 29.6 Å². The van der Waals surface area contributed by atoms with Crippen LogP contribution >= 0.6 is 23.6 Å². The van der Waals surface area contributed by atoms with Crippen LogP contribution in [0.15, 0.2) is 18.2 Å². The summed E-state index contributed by atoms with van der Waals surface area (Å²) in [5.41, 5.74) is 0.943. The number of nitro groups is 1. The van der Waals surface area contributed by atoms with Gasteiger partial charge in [-0.25, -0.2) is 0 Å². The van der Waals surface area contributed by atoms with Crippen LogP contribution in [0.1, 0.15) is 0 Å². The Morgan fingerprint density at radius 2 is 2.21 bits per heavy atom. The van der Waals surface area contributed by atoms with Crippen LogP contribution in [0.25, 0.3) is 10.2 Å². The van der Waals surface area contributed by atoms with Gasteiger partial charge < -0.3 is 4.98 Å². The molecular weight excluding hydrogens is 231 g/mol. The van der Waals surface area contributed by atoms with Gasteiger partial charge in [-0.15, -0.1) is 11.3 Å². The summed E-state index contributed by atoms with van der Waals surface area (Å²) in [7, 11) is 0. The van der Waals surface area contributed by atoms with Crippen molar-refractivity contribution >= 4 is 39.5 Å². The van der Waals surface area contributed by atoms with Crippen molar-refractivity contribution in [2.75, 3.05) is 0 Å². The monoisotopic (exact) mass is 235 g/mol. The van der Waals surface area contributed by atoms with Crippen LogP contribution in [0, 0.1) is 14.1 Å². The summed E-state index contributed by atoms with van der Waals surface area (Å²) >= 11 is 6.25. The van der Waals surface area contributed by atoms with Crippen LogP contribution in [0.4, 0.5) is 5.69 Å². The van der Waals surface area contributed by atoms with Crippen molar-refractivity contribution in [1.29, 1.82) is 0 Å². The molecule has 66 valence electrons. The fourth-order valence-corrected chi connectivity index (χ4v) is 2.20. The van der Waals surface area contributed by atoms with E-state index in [-0.39, 0.29) is 35.2 Å². The van der Waals surface area contributed by atoms with Crippen LogP contribution < -0.4 is 29.6 Å². The molecule has 2 aromatic rings. The zero-order valence-electron chi connectivity index (χ0n) is 7.31. The summed E-state index contributed by atoms with van der Waals surface area (Å²) in [5, 5.41) is 10.4. The first kappa shape index (κ1) is 11.8. The number of rotatable bonds is 1. The molecule has 0 bridgehead atoms. The third kappa shape index (κ3) is 2.21. The van der Waals surface area contributed by atoms with E-state index in [1.54, 1.807) is 6.07 Å². The van der Waals surface area contributed by atoms with E-state index < -0.39 is 4.92 Å². The minimum Gasteiger partial charge on any atom is -0.337 e. The molecule has 0 aliphatic heterocycles. The topological polar surface area (TPSA) is 58.9 Å². The second-order valence-electron chi connectivity index (χ2n) is 2.45. The number of thiazole rings is 1. The summed E-state index contributed by atoms with van der Waals surface area (Å²) in [6, 6.07) is 4.65. The fourth-order valence-electron chi connectivity index (χ4n) is 1.05. The molecule has 0 saturated carbocycles. The molecule has 0 radical (unpaired) electrons. The van der Waals surface area contributed by atoms with Crippen LogP contribution in [-0.4, -0.2) is 9.91 Å². The zero-order valence-corrected chi connectivity index (χ0v) is 10.9. The molecule has 7 heteroatoms. The number of nitrogens with zero attached hydrogens (tertiary/aromatic N) is 1. The zero-order chi connectivity index (χ0) is 9.42. The maximum Gasteiger partial charge on any atom is 1.00 e. The molecule has 14 heavy (non-hydrogen) atoms. The molecule has 1 heterocycles. The Morgan fingerprint density at radius 1 is 1.50 bits per heavy atom. The number of aromatic nitrogens is 1. The van der Waals surface area contributed by atoms with Crippen molar-refractivity contribution in [3.05, 3.63) is 32.3 Å². The van der Waals surface area contributed by atoms with Gasteiger partial charge in [0.1, 0.15) is 0 Å². The average Bonchev–Trinajstić information content (AvgIpc) is 2.42. The largest absolute Gasteiger partial charge is 1.00 e. The number of aromatic amines is 1. The van der Waals surface area contributed by atoms with Crippen molar-refractivity contribution in [3.63, 3.8) is 0 Å². The molecule has 0 aliphatic rings. The molecule has 0 spiro atoms. The molecule has 0 aliphatic carbocycles. The summed E-state index contributed by atoms with van der Waals surface area (Å²) in [5.74, 6) is 0. The normalized spacial score (nSPS) is 9.71. The molecule has 0 atom stereocenters. The van der Waals surface area contributed by atoms with Gasteiger partial charge in [-0.3, -0.25) is 10.1 Å². The van der Waals surface area contributed by atoms with Crippen LogP contribution in [-0.2, 0) is 0 Å². The summed E-state index contributed by atoms with van der Waals surface area (Å²) < 4.78 is 1.45. The van der Waals surface area contributed by atoms with E-state index >= 15 is 0 Å². The maximum absolute atomic E-state index is 10.4. The van der Waals surface area contributed by atoms with Gasteiger partial charge in [0.15, 0.2) is 3.95 Å². The van der Waals surface area contributed by atoms with E-state index in [0.29, 0.717) is 3.95 Å². The Balaban J connectivity index is 0.000000980. The van der Waals surface area contributed by atoms with Crippen molar-refractivity contribution < 1.29 is 34.5 Å². The Bertz CT molecular complexity index is 534. The molecule has 0 saturated heterocycles. The van der Waals surface area contributed by atoms with E-state index in [1.807, 2.05) is 0 Å². The molecule has 4 nitrogen and oxygen atoms in total. The van der Waals surface area contributed by atoms with Crippen molar-refractivity contribution in [2.24, 2.45) is 0 Å². The van der Waals surface area contributed by atoms with Crippen molar-refractivity contribution in [1.82, 2.24) is 4.98 Å². The van der Waals surface area contributed by atoms with E-state index in [9.17, 15) is 10.1 Å². The van der Waals surface area contributed by atoms with E-state index in [4.69, 9.17) is 12.2 Å². The molecular formula is C7H4N2NaO2S2+. The van der Waals surface area contributed by atoms with Crippen molar-refractivity contribution in [3.8, 4) is 0 Å². The first-order chi connectivity index (χ1) is 6.16. The number of hydrogen-bond donors (Lipinski definition) is 1. The third-order valence-electron chi connectivity index (χ3n) is 1.62. The first-order valence-corrected chi connectivity index (χ1v) is 4.66. The van der Waals surface area contributed by atoms with Gasteiger partial charge in [-0.1, -0.05) is 0 Å². The summed E-state index contributed by atoms with van der Waals surface area (Å²) in [6.07, 6.45) is 0. The van der Waals surface area contributed by atoms with E-state index in [2.05, 4.69) is 4.98 Å². The molecule has 0 fully saturated rings. The molecule has 1 aromatic heterocycles. The summed E-state index contributed by atoms with van der Waals surface area (Å²) in [6.45, 7) is 0. The average molecular weight is 235 g/mol. The Labute approximate surface area is 110 Å². The number of H-pyrrole nitrogens is 1. The smallest absolute Gasteiger partial charge is 0.337 e. The predicted molar refractivity (Wildman–Crippen MR) is 53.7 cm³/mol. The number of nitrogens with one attached hydrogen (secondary N) is 1. The second kappa shape index (κ2) is 4.50. The number of nitro benzene ring substituents is 1. The molecule has 1 aromatic carbocycles. The molecule has 2 rings (SSSR count). The van der Waals surface area contributed by atoms with Crippen LogP contribution in [0.2, 0.25) is 0 Å². The standard InChI is InChI=1S/C7H4N2O2S2.Na/c10-9(11)4-1-2-5-6(3-4)13-7(12)8-5;/h1-3H,(H,8,12);/q;+1. The number of hydrogen-bond acceptors (Lipinski definition) is 4. The third-order valence-corrected chi connectivity index (χ3v) is 2.81. The van der Waals surface area contributed by atoms with E-state index in [1.165, 1.54) is 23.5 Å². The first-order valence-electron chi connectivity index (χ1n) is 3.44. The van der Waals surface area contributed by atoms with Gasteiger partial charge in [-0.2, -0.15) is 0 Å². The SMILES string of the molecule is O=[N+]([O-])c1ccc2[nH]c(=S)sc2c1.[Na+]. The minimum absolute atomic E-state index is 0. The van der Waals surface area contributed by atoms with E-state index in [0.717, 1.165) is 10.2 Å². The Hall–Kier alpha value is -0.270. The number of non-ortho nitro benzene ring substituents is 1. The van der Waals surface area contributed by atoms with Crippen LogP contribution in [0.5, 0.6) is 0 Å². The van der Waals surface area contributed by atoms with Gasteiger partial charge in [0.2, 0.25) is 0 Å². The second-order valence-corrected chi connectivity index (χ2v) is 4.17. The molecule has 0 amide bonds. The molecule has 0 unspecified atom stereocenters. The number of benzene rings is 1. The van der Waals surface area contributed by atoms with Gasteiger partial charge in [0, 0.05) is 12.1 Å². The van der Waals surface area contributed by atoms with Crippen molar-refractivity contribution in [2.45, 2.75) is 0 Å². The minimum atomic E-state index is -0.414. The predicted octanol–water partition coefficient (Wildman–Crippen LogP) is -0.129. The Morgan fingerprint density at radius 3 is 2.86 bits per heavy atom. The van der Waals surface area contributed by atoms with Crippen LogP contribution in [0.3, 0.4) is 0 Å².